The molecule has 25 heavy (non-hydrogen) atoms. The Hall–Kier alpha value is -2.19. The van der Waals surface area contributed by atoms with Gasteiger partial charge in [0.25, 0.3) is 0 Å². The Bertz CT molecular complexity index is 901. The molecule has 0 spiro atoms. The van der Waals surface area contributed by atoms with Gasteiger partial charge in [-0.1, -0.05) is 17.7 Å². The Morgan fingerprint density at radius 2 is 1.96 bits per heavy atom. The van der Waals surface area contributed by atoms with E-state index in [9.17, 15) is 13.2 Å². The Balaban J connectivity index is 2.10. The number of benzene rings is 1. The van der Waals surface area contributed by atoms with Crippen LogP contribution < -0.4 is 0 Å². The number of esters is 1. The molecule has 2 heterocycles. The van der Waals surface area contributed by atoms with Crippen LogP contribution in [0.3, 0.4) is 0 Å². The van der Waals surface area contributed by atoms with Crippen molar-refractivity contribution in [1.82, 2.24) is 14.1 Å². The number of carbonyl (C=O) groups is 1. The first-order valence-electron chi connectivity index (χ1n) is 8.11. The molecule has 134 valence electrons. The molecular formula is C17H21N3O4S. The maximum absolute atomic E-state index is 12.3. The zero-order valence-electron chi connectivity index (χ0n) is 14.5. The summed E-state index contributed by atoms with van der Waals surface area (Å²) in [7, 11) is -3.34. The first kappa shape index (κ1) is 17.6. The Morgan fingerprint density at radius 3 is 2.56 bits per heavy atom. The molecule has 0 N–H and O–H groups in total. The van der Waals surface area contributed by atoms with E-state index in [0.29, 0.717) is 18.5 Å². The average molecular weight is 363 g/mol. The average Bonchev–Trinajstić information content (AvgIpc) is 2.94. The van der Waals surface area contributed by atoms with Gasteiger partial charge in [-0.3, -0.25) is 0 Å². The first-order chi connectivity index (χ1) is 11.8. The molecule has 1 aromatic heterocycles. The van der Waals surface area contributed by atoms with Crippen LogP contribution in [-0.2, 0) is 27.7 Å². The summed E-state index contributed by atoms with van der Waals surface area (Å²) in [6, 6.07) is 7.80. The number of fused-ring (bicyclic) bond motifs is 1. The third kappa shape index (κ3) is 3.45. The molecule has 0 atom stereocenters. The highest BCUT2D eigenvalue weighted by Crippen LogP contribution is 2.27. The summed E-state index contributed by atoms with van der Waals surface area (Å²) in [6.07, 6.45) is 1.66. The molecule has 8 heteroatoms. The van der Waals surface area contributed by atoms with Crippen molar-refractivity contribution in [2.45, 2.75) is 26.8 Å². The van der Waals surface area contributed by atoms with Crippen LogP contribution in [0.4, 0.5) is 0 Å². The third-order valence-corrected chi connectivity index (χ3v) is 5.49. The van der Waals surface area contributed by atoms with E-state index in [1.54, 1.807) is 11.6 Å². The van der Waals surface area contributed by atoms with Crippen LogP contribution in [0.2, 0.25) is 0 Å². The van der Waals surface area contributed by atoms with Gasteiger partial charge in [0.05, 0.1) is 24.2 Å². The van der Waals surface area contributed by atoms with E-state index in [1.807, 2.05) is 31.2 Å². The second-order valence-electron chi connectivity index (χ2n) is 6.09. The normalized spacial score (nSPS) is 15.0. The summed E-state index contributed by atoms with van der Waals surface area (Å²) in [4.78, 5) is 12.3. The molecule has 0 amide bonds. The van der Waals surface area contributed by atoms with E-state index in [0.717, 1.165) is 16.9 Å². The van der Waals surface area contributed by atoms with Crippen molar-refractivity contribution in [3.05, 3.63) is 46.8 Å². The van der Waals surface area contributed by atoms with Gasteiger partial charge in [0.2, 0.25) is 10.0 Å². The second-order valence-corrected chi connectivity index (χ2v) is 8.07. The fourth-order valence-electron chi connectivity index (χ4n) is 2.94. The number of rotatable bonds is 4. The molecule has 0 aliphatic carbocycles. The molecule has 0 fully saturated rings. The Morgan fingerprint density at radius 1 is 1.28 bits per heavy atom. The summed E-state index contributed by atoms with van der Waals surface area (Å²) in [5.41, 5.74) is 3.62. The van der Waals surface area contributed by atoms with Gasteiger partial charge in [0.1, 0.15) is 0 Å². The van der Waals surface area contributed by atoms with E-state index in [2.05, 4.69) is 5.10 Å². The van der Waals surface area contributed by atoms with Crippen molar-refractivity contribution in [2.75, 3.05) is 19.4 Å². The summed E-state index contributed by atoms with van der Waals surface area (Å²) in [6.45, 7) is 4.46. The highest BCUT2D eigenvalue weighted by Gasteiger charge is 2.32. The quantitative estimate of drug-likeness (QED) is 0.772. The predicted octanol–water partition coefficient (Wildman–Crippen LogP) is 1.68. The van der Waals surface area contributed by atoms with Crippen molar-refractivity contribution in [1.29, 1.82) is 0 Å². The van der Waals surface area contributed by atoms with Gasteiger partial charge < -0.3 is 4.74 Å². The summed E-state index contributed by atoms with van der Waals surface area (Å²) in [5, 5.41) is 4.45. The molecule has 0 saturated carbocycles. The number of carbonyl (C=O) groups excluding carboxylic acids is 1. The van der Waals surface area contributed by atoms with Gasteiger partial charge in [-0.2, -0.15) is 9.40 Å². The first-order valence-corrected chi connectivity index (χ1v) is 9.96. The minimum Gasteiger partial charge on any atom is -0.461 e. The number of hydrogen-bond acceptors (Lipinski definition) is 5. The van der Waals surface area contributed by atoms with Crippen LogP contribution >= 0.6 is 0 Å². The van der Waals surface area contributed by atoms with Crippen LogP contribution in [-0.4, -0.2) is 47.9 Å². The molecule has 0 saturated heterocycles. The van der Waals surface area contributed by atoms with E-state index >= 15 is 0 Å². The van der Waals surface area contributed by atoms with Crippen molar-refractivity contribution in [2.24, 2.45) is 0 Å². The Kier molecular flexibility index (Phi) is 4.66. The number of aryl methyl sites for hydroxylation is 1. The summed E-state index contributed by atoms with van der Waals surface area (Å²) >= 11 is 0. The van der Waals surface area contributed by atoms with Crippen molar-refractivity contribution in [3.63, 3.8) is 0 Å². The lowest BCUT2D eigenvalue weighted by molar-refractivity contribution is 0.0517. The van der Waals surface area contributed by atoms with Gasteiger partial charge in [-0.25, -0.2) is 17.9 Å². The third-order valence-electron chi connectivity index (χ3n) is 4.24. The number of nitrogens with zero attached hydrogens (tertiary/aromatic N) is 3. The standard InChI is InChI=1S/C17H21N3O4S/c1-4-24-17(21)16-14-11-19(25(3,22)23)10-9-15(14)20(18-16)13-7-5-12(2)6-8-13/h5-8H,4,9-11H2,1-3H3. The SMILES string of the molecule is CCOC(=O)c1nn(-c2ccc(C)cc2)c2c1CN(S(C)(=O)=O)CC2. The molecule has 0 radical (unpaired) electrons. The van der Waals surface area contributed by atoms with E-state index in [-0.39, 0.29) is 18.8 Å². The van der Waals surface area contributed by atoms with Gasteiger partial charge in [0, 0.05) is 25.1 Å². The van der Waals surface area contributed by atoms with Crippen molar-refractivity contribution >= 4 is 16.0 Å². The van der Waals surface area contributed by atoms with Crippen molar-refractivity contribution in [3.8, 4) is 5.69 Å². The molecule has 0 bridgehead atoms. The van der Waals surface area contributed by atoms with Crippen LogP contribution in [0.25, 0.3) is 5.69 Å². The van der Waals surface area contributed by atoms with Crippen molar-refractivity contribution < 1.29 is 17.9 Å². The van der Waals surface area contributed by atoms with E-state index in [1.165, 1.54) is 10.6 Å². The van der Waals surface area contributed by atoms with Crippen LogP contribution in [0, 0.1) is 6.92 Å². The maximum Gasteiger partial charge on any atom is 0.359 e. The number of ether oxygens (including phenoxy) is 1. The van der Waals surface area contributed by atoms with Gasteiger partial charge in [-0.05, 0) is 26.0 Å². The minimum absolute atomic E-state index is 0.133. The smallest absolute Gasteiger partial charge is 0.359 e. The fourth-order valence-corrected chi connectivity index (χ4v) is 3.73. The zero-order valence-corrected chi connectivity index (χ0v) is 15.3. The topological polar surface area (TPSA) is 81.5 Å². The molecule has 0 unspecified atom stereocenters. The molecule has 3 rings (SSSR count). The van der Waals surface area contributed by atoms with Crippen LogP contribution in [0.1, 0.15) is 34.2 Å². The highest BCUT2D eigenvalue weighted by molar-refractivity contribution is 7.88. The fraction of sp³-hybridized carbons (Fsp3) is 0.412. The second kappa shape index (κ2) is 6.61. The van der Waals surface area contributed by atoms with Crippen LogP contribution in [0.5, 0.6) is 0 Å². The molecule has 1 aromatic carbocycles. The molecule has 1 aliphatic heterocycles. The zero-order chi connectivity index (χ0) is 18.2. The molecular weight excluding hydrogens is 342 g/mol. The predicted molar refractivity (Wildman–Crippen MR) is 93.2 cm³/mol. The molecule has 1 aliphatic rings. The highest BCUT2D eigenvalue weighted by atomic mass is 32.2. The monoisotopic (exact) mass is 363 g/mol. The summed E-state index contributed by atoms with van der Waals surface area (Å²) < 4.78 is 32.0. The number of hydrogen-bond donors (Lipinski definition) is 0. The lowest BCUT2D eigenvalue weighted by Crippen LogP contribution is -2.36. The summed E-state index contributed by atoms with van der Waals surface area (Å²) in [5.74, 6) is -0.528. The molecule has 7 nitrogen and oxygen atoms in total. The van der Waals surface area contributed by atoms with Gasteiger partial charge in [-0.15, -0.1) is 0 Å². The number of sulfonamides is 1. The lowest BCUT2D eigenvalue weighted by atomic mass is 10.1. The van der Waals surface area contributed by atoms with E-state index in [4.69, 9.17) is 4.74 Å². The largest absolute Gasteiger partial charge is 0.461 e. The maximum atomic E-state index is 12.3. The Labute approximate surface area is 147 Å². The number of aromatic nitrogens is 2. The van der Waals surface area contributed by atoms with Crippen LogP contribution in [0.15, 0.2) is 24.3 Å². The van der Waals surface area contributed by atoms with Gasteiger partial charge in [0.15, 0.2) is 5.69 Å². The minimum atomic E-state index is -3.34. The van der Waals surface area contributed by atoms with E-state index < -0.39 is 16.0 Å². The van der Waals surface area contributed by atoms with Gasteiger partial charge >= 0.3 is 5.97 Å². The lowest BCUT2D eigenvalue weighted by Gasteiger charge is -2.25. The molecule has 2 aromatic rings.